The van der Waals surface area contributed by atoms with E-state index < -0.39 is 0 Å². The van der Waals surface area contributed by atoms with E-state index in [4.69, 9.17) is 4.74 Å². The number of aromatic amines is 1. The van der Waals surface area contributed by atoms with Gasteiger partial charge in [-0.1, -0.05) is 31.4 Å². The molecule has 0 unspecified atom stereocenters. The molecule has 1 atom stereocenters. The van der Waals surface area contributed by atoms with Gasteiger partial charge in [-0.3, -0.25) is 4.79 Å². The number of carbonyl (C=O) groups excluding carboxylic acids is 1. The van der Waals surface area contributed by atoms with Crippen LogP contribution in [0.25, 0.3) is 10.9 Å². The van der Waals surface area contributed by atoms with Gasteiger partial charge in [0, 0.05) is 24.8 Å². The zero-order chi connectivity index (χ0) is 21.1. The minimum absolute atomic E-state index is 0.0477. The smallest absolute Gasteiger partial charge is 0.318 e. The predicted octanol–water partition coefficient (Wildman–Crippen LogP) is 4.17. The molecule has 0 spiro atoms. The number of hydrogen-bond acceptors (Lipinski definition) is 3. The van der Waals surface area contributed by atoms with Gasteiger partial charge in [0.1, 0.15) is 0 Å². The number of nitrogens with one attached hydrogen (secondary N) is 2. The first-order valence-electron chi connectivity index (χ1n) is 11.3. The highest BCUT2D eigenvalue weighted by molar-refractivity contribution is 5.83. The molecular formula is C24H33N3O3. The van der Waals surface area contributed by atoms with Crippen molar-refractivity contribution in [3.05, 3.63) is 45.2 Å². The molecule has 0 bridgehead atoms. The number of rotatable bonds is 5. The first kappa shape index (κ1) is 20.9. The molecule has 1 aromatic carbocycles. The zero-order valence-electron chi connectivity index (χ0n) is 18.1. The molecule has 1 aromatic heterocycles. The van der Waals surface area contributed by atoms with Crippen LogP contribution >= 0.6 is 0 Å². The second-order valence-electron chi connectivity index (χ2n) is 8.90. The average Bonchev–Trinajstić information content (AvgIpc) is 3.25. The Morgan fingerprint density at radius 2 is 1.97 bits per heavy atom. The van der Waals surface area contributed by atoms with Crippen LogP contribution in [-0.4, -0.2) is 41.2 Å². The molecule has 1 saturated heterocycles. The zero-order valence-corrected chi connectivity index (χ0v) is 18.1. The van der Waals surface area contributed by atoms with Gasteiger partial charge in [0.05, 0.1) is 18.2 Å². The summed E-state index contributed by atoms with van der Waals surface area (Å²) >= 11 is 0. The number of H-pyrrole nitrogens is 1. The average molecular weight is 412 g/mol. The van der Waals surface area contributed by atoms with Crippen LogP contribution in [0.2, 0.25) is 0 Å². The lowest BCUT2D eigenvalue weighted by Gasteiger charge is -2.29. The number of carbonyl (C=O) groups is 1. The second-order valence-corrected chi connectivity index (χ2v) is 8.90. The van der Waals surface area contributed by atoms with Crippen LogP contribution in [0, 0.1) is 13.8 Å². The molecule has 0 radical (unpaired) electrons. The molecule has 2 aromatic rings. The molecule has 1 aliphatic carbocycles. The van der Waals surface area contributed by atoms with Crippen molar-refractivity contribution < 1.29 is 9.53 Å². The van der Waals surface area contributed by atoms with Gasteiger partial charge in [0.2, 0.25) is 0 Å². The number of aryl methyl sites for hydroxylation is 2. The summed E-state index contributed by atoms with van der Waals surface area (Å²) in [6, 6.07) is 6.18. The summed E-state index contributed by atoms with van der Waals surface area (Å²) in [5.74, 6) is 0. The maximum Gasteiger partial charge on any atom is 0.318 e. The normalized spacial score (nSPS) is 19.9. The number of ether oxygens (including phenoxy) is 1. The van der Waals surface area contributed by atoms with Gasteiger partial charge >= 0.3 is 6.03 Å². The van der Waals surface area contributed by atoms with Crippen molar-refractivity contribution in [3.63, 3.8) is 0 Å². The quantitative estimate of drug-likeness (QED) is 0.775. The van der Waals surface area contributed by atoms with Gasteiger partial charge in [-0.15, -0.1) is 0 Å². The highest BCUT2D eigenvalue weighted by Gasteiger charge is 2.26. The summed E-state index contributed by atoms with van der Waals surface area (Å²) < 4.78 is 5.78. The molecule has 4 rings (SSSR count). The highest BCUT2D eigenvalue weighted by Crippen LogP contribution is 2.21. The summed E-state index contributed by atoms with van der Waals surface area (Å²) in [6.45, 7) is 5.62. The Labute approximate surface area is 178 Å². The first-order valence-corrected chi connectivity index (χ1v) is 11.3. The lowest BCUT2D eigenvalue weighted by molar-refractivity contribution is 0.0784. The molecule has 1 aliphatic heterocycles. The van der Waals surface area contributed by atoms with Crippen LogP contribution in [-0.2, 0) is 11.3 Å². The van der Waals surface area contributed by atoms with E-state index >= 15 is 0 Å². The van der Waals surface area contributed by atoms with Crippen molar-refractivity contribution in [2.24, 2.45) is 0 Å². The van der Waals surface area contributed by atoms with Gasteiger partial charge in [-0.25, -0.2) is 4.79 Å². The Hall–Kier alpha value is -2.34. The van der Waals surface area contributed by atoms with E-state index in [2.05, 4.69) is 16.4 Å². The third-order valence-electron chi connectivity index (χ3n) is 6.66. The fraction of sp³-hybridized carbons (Fsp3) is 0.583. The minimum Gasteiger partial charge on any atom is -0.376 e. The van der Waals surface area contributed by atoms with Crippen LogP contribution < -0.4 is 10.9 Å². The van der Waals surface area contributed by atoms with Crippen LogP contribution in [0.3, 0.4) is 0 Å². The van der Waals surface area contributed by atoms with Crippen molar-refractivity contribution >= 4 is 16.9 Å². The Morgan fingerprint density at radius 3 is 2.70 bits per heavy atom. The molecule has 2 heterocycles. The standard InChI is InChI=1S/C24H33N3O3/c1-16-10-11-18-13-19(23(28)26-22(18)17(16)2)14-27(15-21-9-6-12-30-21)24(29)25-20-7-4-3-5-8-20/h10-11,13,20-21H,3-9,12,14-15H2,1-2H3,(H,25,29)(H,26,28)/t21-/m0/s1. The molecule has 6 heteroatoms. The summed E-state index contributed by atoms with van der Waals surface area (Å²) in [6.07, 6.45) is 7.68. The van der Waals surface area contributed by atoms with Crippen molar-refractivity contribution in [1.29, 1.82) is 0 Å². The number of nitrogens with zero attached hydrogens (tertiary/aromatic N) is 1. The molecule has 162 valence electrons. The third-order valence-corrected chi connectivity index (χ3v) is 6.66. The summed E-state index contributed by atoms with van der Waals surface area (Å²) in [5.41, 5.74) is 3.60. The molecule has 2 aliphatic rings. The predicted molar refractivity (Wildman–Crippen MR) is 119 cm³/mol. The van der Waals surface area contributed by atoms with E-state index in [1.807, 2.05) is 26.0 Å². The summed E-state index contributed by atoms with van der Waals surface area (Å²) in [5, 5.41) is 4.20. The van der Waals surface area contributed by atoms with Gasteiger partial charge in [-0.2, -0.15) is 0 Å². The Bertz CT molecular complexity index is 956. The molecule has 2 fully saturated rings. The minimum atomic E-state index is -0.126. The van der Waals surface area contributed by atoms with E-state index in [0.717, 1.165) is 54.3 Å². The Morgan fingerprint density at radius 1 is 1.17 bits per heavy atom. The molecule has 2 amide bonds. The van der Waals surface area contributed by atoms with Crippen molar-refractivity contribution in [2.75, 3.05) is 13.2 Å². The van der Waals surface area contributed by atoms with Crippen LogP contribution in [0.1, 0.15) is 61.6 Å². The van der Waals surface area contributed by atoms with E-state index in [1.165, 1.54) is 19.3 Å². The van der Waals surface area contributed by atoms with Crippen molar-refractivity contribution in [3.8, 4) is 0 Å². The summed E-state index contributed by atoms with van der Waals surface area (Å²) in [4.78, 5) is 30.8. The van der Waals surface area contributed by atoms with Crippen LogP contribution in [0.15, 0.2) is 23.0 Å². The molecule has 1 saturated carbocycles. The molecule has 30 heavy (non-hydrogen) atoms. The number of benzene rings is 1. The summed E-state index contributed by atoms with van der Waals surface area (Å²) in [7, 11) is 0. The Kier molecular flexibility index (Phi) is 6.42. The van der Waals surface area contributed by atoms with Gasteiger partial charge < -0.3 is 19.9 Å². The maximum absolute atomic E-state index is 13.1. The first-order chi connectivity index (χ1) is 14.5. The van der Waals surface area contributed by atoms with E-state index in [-0.39, 0.29) is 30.3 Å². The van der Waals surface area contributed by atoms with E-state index in [1.54, 1.807) is 4.90 Å². The Balaban J connectivity index is 1.57. The van der Waals surface area contributed by atoms with Crippen LogP contribution in [0.4, 0.5) is 4.79 Å². The number of aromatic nitrogens is 1. The number of hydrogen-bond donors (Lipinski definition) is 2. The van der Waals surface area contributed by atoms with Crippen LogP contribution in [0.5, 0.6) is 0 Å². The maximum atomic E-state index is 13.1. The topological polar surface area (TPSA) is 74.4 Å². The SMILES string of the molecule is Cc1ccc2cc(CN(C[C@@H]3CCCO3)C(=O)NC3CCCCC3)c(=O)[nH]c2c1C. The molecule has 6 nitrogen and oxygen atoms in total. The number of fused-ring (bicyclic) bond motifs is 1. The van der Waals surface area contributed by atoms with Gasteiger partial charge in [0.15, 0.2) is 0 Å². The van der Waals surface area contributed by atoms with Gasteiger partial charge in [-0.05, 0) is 62.1 Å². The fourth-order valence-electron chi connectivity index (χ4n) is 4.66. The van der Waals surface area contributed by atoms with Gasteiger partial charge in [0.25, 0.3) is 5.56 Å². The van der Waals surface area contributed by atoms with Crippen molar-refractivity contribution in [2.45, 2.75) is 77.5 Å². The second kappa shape index (κ2) is 9.21. The molecular weight excluding hydrogens is 378 g/mol. The fourth-order valence-corrected chi connectivity index (χ4v) is 4.66. The number of pyridine rings is 1. The highest BCUT2D eigenvalue weighted by atomic mass is 16.5. The third kappa shape index (κ3) is 4.69. The molecule has 2 N–H and O–H groups in total. The number of amides is 2. The van der Waals surface area contributed by atoms with Crippen molar-refractivity contribution in [1.82, 2.24) is 15.2 Å². The number of urea groups is 1. The lowest BCUT2D eigenvalue weighted by atomic mass is 9.96. The van der Waals surface area contributed by atoms with E-state index in [9.17, 15) is 9.59 Å². The lowest BCUT2D eigenvalue weighted by Crippen LogP contribution is -2.48. The van der Waals surface area contributed by atoms with E-state index in [0.29, 0.717) is 12.1 Å². The largest absolute Gasteiger partial charge is 0.376 e. The monoisotopic (exact) mass is 411 g/mol.